The zero-order valence-electron chi connectivity index (χ0n) is 12.4. The second-order valence-electron chi connectivity index (χ2n) is 6.53. The number of rotatable bonds is 3. The third-order valence-electron chi connectivity index (χ3n) is 4.02. The first-order chi connectivity index (χ1) is 8.21. The minimum absolute atomic E-state index is 0.145. The van der Waals surface area contributed by atoms with Gasteiger partial charge in [0.15, 0.2) is 0 Å². The molecule has 0 saturated carbocycles. The summed E-state index contributed by atoms with van der Waals surface area (Å²) in [6.07, 6.45) is 2.16. The summed E-state index contributed by atoms with van der Waals surface area (Å²) in [6, 6.07) is 0.910. The van der Waals surface area contributed by atoms with Gasteiger partial charge in [-0.05, 0) is 54.1 Å². The van der Waals surface area contributed by atoms with Gasteiger partial charge in [0.2, 0.25) is 0 Å². The Balaban J connectivity index is 2.73. The third kappa shape index (κ3) is 4.25. The lowest BCUT2D eigenvalue weighted by molar-refractivity contribution is -0.137. The highest BCUT2D eigenvalue weighted by Crippen LogP contribution is 2.24. The predicted octanol–water partition coefficient (Wildman–Crippen LogP) is 2.04. The predicted molar refractivity (Wildman–Crippen MR) is 73.8 cm³/mol. The van der Waals surface area contributed by atoms with Gasteiger partial charge in [0.05, 0.1) is 0 Å². The van der Waals surface area contributed by atoms with Gasteiger partial charge >= 0.3 is 5.97 Å². The molecular weight excluding hydrogens is 228 g/mol. The van der Waals surface area contributed by atoms with E-state index in [4.69, 9.17) is 5.11 Å². The number of nitrogens with zero attached hydrogens (tertiary/aromatic N) is 2. The lowest BCUT2D eigenvalue weighted by Gasteiger charge is -2.41. The number of likely N-dealkylation sites (N-methyl/N-ethyl adjacent to an activating group) is 1. The van der Waals surface area contributed by atoms with Crippen molar-refractivity contribution in [1.29, 1.82) is 0 Å². The lowest BCUT2D eigenvalue weighted by atomic mass is 10.0. The minimum Gasteiger partial charge on any atom is -0.481 e. The second-order valence-corrected chi connectivity index (χ2v) is 6.53. The first-order valence-corrected chi connectivity index (χ1v) is 6.90. The highest BCUT2D eigenvalue weighted by molar-refractivity contribution is 5.66. The topological polar surface area (TPSA) is 43.8 Å². The number of hydrogen-bond acceptors (Lipinski definition) is 3. The van der Waals surface area contributed by atoms with E-state index < -0.39 is 5.97 Å². The van der Waals surface area contributed by atoms with Crippen LogP contribution in [0.5, 0.6) is 0 Å². The van der Waals surface area contributed by atoms with Gasteiger partial charge in [-0.2, -0.15) is 0 Å². The summed E-state index contributed by atoms with van der Waals surface area (Å²) in [5, 5.41) is 8.85. The fourth-order valence-electron chi connectivity index (χ4n) is 2.81. The van der Waals surface area contributed by atoms with Crippen LogP contribution in [-0.4, -0.2) is 58.6 Å². The molecule has 18 heavy (non-hydrogen) atoms. The van der Waals surface area contributed by atoms with Crippen molar-refractivity contribution in [2.75, 3.05) is 20.1 Å². The molecule has 4 nitrogen and oxygen atoms in total. The first kappa shape index (κ1) is 15.4. The van der Waals surface area contributed by atoms with Crippen molar-refractivity contribution >= 4 is 5.97 Å². The molecule has 1 aliphatic heterocycles. The van der Waals surface area contributed by atoms with Crippen LogP contribution in [0.4, 0.5) is 0 Å². The first-order valence-electron chi connectivity index (χ1n) is 6.90. The summed E-state index contributed by atoms with van der Waals surface area (Å²) in [6.45, 7) is 11.0. The second kappa shape index (κ2) is 6.02. The molecule has 0 aromatic carbocycles. The molecule has 0 aromatic rings. The van der Waals surface area contributed by atoms with Crippen LogP contribution in [0, 0.1) is 0 Å². The van der Waals surface area contributed by atoms with Crippen LogP contribution in [0.25, 0.3) is 0 Å². The van der Waals surface area contributed by atoms with E-state index in [9.17, 15) is 4.79 Å². The molecule has 1 saturated heterocycles. The fourth-order valence-corrected chi connectivity index (χ4v) is 2.81. The van der Waals surface area contributed by atoms with Crippen LogP contribution in [0.15, 0.2) is 0 Å². The largest absolute Gasteiger partial charge is 0.481 e. The Bertz CT molecular complexity index is 286. The molecule has 0 aromatic heterocycles. The monoisotopic (exact) mass is 256 g/mol. The Kier molecular flexibility index (Phi) is 5.17. The summed E-state index contributed by atoms with van der Waals surface area (Å²) >= 11 is 0. The molecule has 1 heterocycles. The molecule has 0 radical (unpaired) electrons. The smallest absolute Gasteiger partial charge is 0.303 e. The minimum atomic E-state index is -0.692. The third-order valence-corrected chi connectivity index (χ3v) is 4.02. The van der Waals surface area contributed by atoms with Crippen molar-refractivity contribution in [3.8, 4) is 0 Å². The Morgan fingerprint density at radius 3 is 2.50 bits per heavy atom. The maximum absolute atomic E-state index is 10.7. The van der Waals surface area contributed by atoms with Crippen LogP contribution in [0.1, 0.15) is 47.0 Å². The van der Waals surface area contributed by atoms with Gasteiger partial charge in [-0.3, -0.25) is 9.69 Å². The van der Waals surface area contributed by atoms with Crippen molar-refractivity contribution < 1.29 is 9.90 Å². The van der Waals surface area contributed by atoms with Crippen LogP contribution in [0.2, 0.25) is 0 Å². The quantitative estimate of drug-likeness (QED) is 0.839. The number of aliphatic carboxylic acids is 1. The van der Waals surface area contributed by atoms with Crippen LogP contribution in [0.3, 0.4) is 0 Å². The molecule has 0 amide bonds. The number of carboxylic acid groups (broad SMARTS) is 1. The maximum atomic E-state index is 10.7. The average Bonchev–Trinajstić information content (AvgIpc) is 2.36. The molecule has 1 aliphatic rings. The zero-order chi connectivity index (χ0) is 13.9. The summed E-state index contributed by atoms with van der Waals surface area (Å²) in [5.41, 5.74) is 0.145. The zero-order valence-corrected chi connectivity index (χ0v) is 12.4. The number of hydrogen-bond donors (Lipinski definition) is 1. The Morgan fingerprint density at radius 1 is 1.39 bits per heavy atom. The molecule has 0 spiro atoms. The molecule has 4 heteroatoms. The van der Waals surface area contributed by atoms with Crippen LogP contribution in [-0.2, 0) is 4.79 Å². The van der Waals surface area contributed by atoms with Gasteiger partial charge in [-0.1, -0.05) is 0 Å². The molecular formula is C14H28N2O2. The van der Waals surface area contributed by atoms with Crippen molar-refractivity contribution in [2.45, 2.75) is 64.6 Å². The van der Waals surface area contributed by atoms with Crippen LogP contribution >= 0.6 is 0 Å². The Hall–Kier alpha value is -0.610. The van der Waals surface area contributed by atoms with E-state index in [0.29, 0.717) is 12.1 Å². The van der Waals surface area contributed by atoms with E-state index in [0.717, 1.165) is 25.9 Å². The summed E-state index contributed by atoms with van der Waals surface area (Å²) < 4.78 is 0. The van der Waals surface area contributed by atoms with E-state index in [1.165, 1.54) is 0 Å². The summed E-state index contributed by atoms with van der Waals surface area (Å²) in [7, 11) is 2.12. The Morgan fingerprint density at radius 2 is 2.00 bits per heavy atom. The lowest BCUT2D eigenvalue weighted by Crippen LogP contribution is -2.50. The molecule has 1 rings (SSSR count). The fraction of sp³-hybridized carbons (Fsp3) is 0.929. The van der Waals surface area contributed by atoms with E-state index in [2.05, 4.69) is 44.5 Å². The van der Waals surface area contributed by atoms with Gasteiger partial charge in [-0.15, -0.1) is 0 Å². The molecule has 2 unspecified atom stereocenters. The number of carboxylic acids is 1. The van der Waals surface area contributed by atoms with Crippen LogP contribution < -0.4 is 0 Å². The van der Waals surface area contributed by atoms with E-state index >= 15 is 0 Å². The molecule has 0 aliphatic carbocycles. The van der Waals surface area contributed by atoms with E-state index in [1.807, 2.05) is 0 Å². The van der Waals surface area contributed by atoms with Crippen molar-refractivity contribution in [3.63, 3.8) is 0 Å². The molecule has 106 valence electrons. The summed E-state index contributed by atoms with van der Waals surface area (Å²) in [5.74, 6) is -0.692. The van der Waals surface area contributed by atoms with Crippen molar-refractivity contribution in [3.05, 3.63) is 0 Å². The van der Waals surface area contributed by atoms with Gasteiger partial charge < -0.3 is 10.0 Å². The van der Waals surface area contributed by atoms with Gasteiger partial charge in [0, 0.05) is 30.6 Å². The maximum Gasteiger partial charge on any atom is 0.303 e. The van der Waals surface area contributed by atoms with E-state index in [1.54, 1.807) is 0 Å². The van der Waals surface area contributed by atoms with Crippen molar-refractivity contribution in [1.82, 2.24) is 9.80 Å². The van der Waals surface area contributed by atoms with Gasteiger partial charge in [0.25, 0.3) is 0 Å². The van der Waals surface area contributed by atoms with E-state index in [-0.39, 0.29) is 12.0 Å². The normalized spacial score (nSPS) is 28.1. The highest BCUT2D eigenvalue weighted by Gasteiger charge is 2.32. The standard InChI is InChI=1S/C14H28N2O2/c1-11-8-9-15(5)12(6-7-13(17)18)10-16(11)14(2,3)4/h11-12H,6-10H2,1-5H3,(H,17,18). The highest BCUT2D eigenvalue weighted by atomic mass is 16.4. The number of carbonyl (C=O) groups is 1. The summed E-state index contributed by atoms with van der Waals surface area (Å²) in [4.78, 5) is 15.6. The molecule has 1 N–H and O–H groups in total. The molecule has 0 bridgehead atoms. The molecule has 2 atom stereocenters. The molecule has 1 fully saturated rings. The van der Waals surface area contributed by atoms with Crippen molar-refractivity contribution in [2.24, 2.45) is 0 Å². The average molecular weight is 256 g/mol. The van der Waals surface area contributed by atoms with Gasteiger partial charge in [-0.25, -0.2) is 0 Å². The van der Waals surface area contributed by atoms with Gasteiger partial charge in [0.1, 0.15) is 0 Å². The Labute approximate surface area is 111 Å². The SMILES string of the molecule is CC1CCN(C)C(CCC(=O)O)CN1C(C)(C)C.